The number of rotatable bonds is 16. The third kappa shape index (κ3) is 18.1. The zero-order chi connectivity index (χ0) is 58.4. The fourth-order valence-electron chi connectivity index (χ4n) is 10.0. The number of aliphatic hydroxyl groups excluding tert-OH is 8. The normalized spacial score (nSPS) is 40.5. The average Bonchev–Trinajstić information content (AvgIpc) is 3.55. The fraction of sp³-hybridized carbons (Fsp3) is 0.927. The van der Waals surface area contributed by atoms with Crippen molar-refractivity contribution >= 4 is 23.9 Å². The zero-order valence-corrected chi connectivity index (χ0v) is 47.7. The Labute approximate surface area is 464 Å². The minimum atomic E-state index is -2.06. The van der Waals surface area contributed by atoms with E-state index in [-0.39, 0.29) is 12.5 Å². The molecule has 0 aromatic heterocycles. The molecule has 24 nitrogen and oxygen atoms in total. The van der Waals surface area contributed by atoms with Crippen LogP contribution in [0.15, 0.2) is 0 Å². The standard InChI is InChI=1S/C55H94O24/c1-11-13-19-22-34-23-20-17-15-14-16-18-21-24-36(58)74-47-44(77-52-42(64)41(63)43(32(9)70-52)75-49(65)26(3)12-2)33(10)71-55(48(47)76-51(67)28(5)30(7)57)79-46-40(62)38(60)35(25-68-50(66)27(4)29(6)56)73-54(46)78-45-39(61)37(59)31(8)69-53(45)72-34/h26-35,37-48,52-57,59-64H,11-25H2,1-10H3/t26-,27-,28-,29+,30+,31-,32-,33+,34+,35-,37-,38-,39+,40+,41-,42-,43-,44+,45-,46-,47-,48-,52+,53+,54+,55+/m1/s1. The molecular formula is C55H94O24. The van der Waals surface area contributed by atoms with Crippen molar-refractivity contribution in [2.45, 2.75) is 300 Å². The molecule has 5 aliphatic rings. The minimum absolute atomic E-state index is 0.107. The first-order valence-electron chi connectivity index (χ1n) is 28.9. The topological polar surface area (TPSA) is 341 Å². The fourth-order valence-corrected chi connectivity index (χ4v) is 10.0. The van der Waals surface area contributed by atoms with Crippen molar-refractivity contribution in [3.8, 4) is 0 Å². The molecule has 5 aliphatic heterocycles. The Bertz CT molecular complexity index is 1860. The quantitative estimate of drug-likeness (QED) is 0.0623. The maximum Gasteiger partial charge on any atom is 0.311 e. The molecule has 0 aromatic carbocycles. The molecule has 5 fully saturated rings. The van der Waals surface area contributed by atoms with E-state index in [0.29, 0.717) is 32.1 Å². The van der Waals surface area contributed by atoms with Crippen LogP contribution in [-0.4, -0.2) is 212 Å². The first-order valence-corrected chi connectivity index (χ1v) is 28.9. The Hall–Kier alpha value is -2.76. The van der Waals surface area contributed by atoms with Crippen LogP contribution in [0.4, 0.5) is 0 Å². The van der Waals surface area contributed by atoms with Crippen molar-refractivity contribution in [1.29, 1.82) is 0 Å². The predicted molar refractivity (Wildman–Crippen MR) is 275 cm³/mol. The van der Waals surface area contributed by atoms with Crippen LogP contribution in [0.5, 0.6) is 0 Å². The van der Waals surface area contributed by atoms with Crippen LogP contribution in [-0.2, 0) is 76.0 Å². The Kier molecular flexibility index (Phi) is 27.0. The van der Waals surface area contributed by atoms with E-state index in [4.69, 9.17) is 56.8 Å². The lowest BCUT2D eigenvalue weighted by molar-refractivity contribution is -0.399. The van der Waals surface area contributed by atoms with E-state index < -0.39 is 183 Å². The lowest BCUT2D eigenvalue weighted by Crippen LogP contribution is -2.68. The maximum absolute atomic E-state index is 14.1. The summed E-state index contributed by atoms with van der Waals surface area (Å²) in [6.07, 6.45) is -25.9. The molecule has 79 heavy (non-hydrogen) atoms. The molecule has 458 valence electrons. The Morgan fingerprint density at radius 2 is 1.11 bits per heavy atom. The monoisotopic (exact) mass is 1140 g/mol. The molecule has 0 amide bonds. The highest BCUT2D eigenvalue weighted by atomic mass is 16.8. The van der Waals surface area contributed by atoms with Gasteiger partial charge in [-0.25, -0.2) is 0 Å². The van der Waals surface area contributed by atoms with Crippen LogP contribution < -0.4 is 0 Å². The van der Waals surface area contributed by atoms with Crippen LogP contribution in [0.2, 0.25) is 0 Å². The molecule has 8 N–H and O–H groups in total. The summed E-state index contributed by atoms with van der Waals surface area (Å²) in [5.41, 5.74) is 0. The number of aliphatic hydroxyl groups is 8. The summed E-state index contributed by atoms with van der Waals surface area (Å²) >= 11 is 0. The third-order valence-electron chi connectivity index (χ3n) is 16.0. The molecular weight excluding hydrogens is 1040 g/mol. The number of carbonyl (C=O) groups is 4. The van der Waals surface area contributed by atoms with Gasteiger partial charge in [0.1, 0.15) is 67.6 Å². The van der Waals surface area contributed by atoms with Gasteiger partial charge in [-0.1, -0.05) is 78.6 Å². The maximum atomic E-state index is 14.1. The number of hydrogen-bond acceptors (Lipinski definition) is 24. The smallest absolute Gasteiger partial charge is 0.311 e. The van der Waals surface area contributed by atoms with Gasteiger partial charge in [-0.2, -0.15) is 0 Å². The van der Waals surface area contributed by atoms with Gasteiger partial charge in [0.05, 0.1) is 54.4 Å². The lowest BCUT2D eigenvalue weighted by Gasteiger charge is -2.50. The van der Waals surface area contributed by atoms with Crippen molar-refractivity contribution in [2.24, 2.45) is 17.8 Å². The van der Waals surface area contributed by atoms with Gasteiger partial charge in [-0.05, 0) is 74.1 Å². The van der Waals surface area contributed by atoms with Crippen LogP contribution in [0.25, 0.3) is 0 Å². The number of ether oxygens (including phenoxy) is 12. The Morgan fingerprint density at radius 3 is 1.75 bits per heavy atom. The van der Waals surface area contributed by atoms with Gasteiger partial charge in [0.2, 0.25) is 0 Å². The van der Waals surface area contributed by atoms with E-state index in [1.54, 1.807) is 20.8 Å². The number of esters is 4. The highest BCUT2D eigenvalue weighted by Gasteiger charge is 2.58. The number of fused-ring (bicyclic) bond motifs is 4. The van der Waals surface area contributed by atoms with Gasteiger partial charge >= 0.3 is 23.9 Å². The SMILES string of the molecule is CCCCC[C@H]1CCCCCCCCCC(=O)O[C@@H]2[C@@H](O[C@@H]3O[C@H](C)[C@@H](OC(=O)[C@H](C)CC)[C@H](O)[C@H]3O)[C@H](C)O[C@@H](O[C@H]3[C@H](O[C@H]4[C@H](O1)O[C@H](C)[C@@H](O)[C@@H]4O)O[C@H](COC(=O)[C@H](C)[C@H](C)O)[C@@H](O)[C@@H]3O)[C@@H]2OC(=O)[C@H](C)[C@H](C)O. The Morgan fingerprint density at radius 1 is 0.557 bits per heavy atom. The molecule has 2 bridgehead atoms. The van der Waals surface area contributed by atoms with Gasteiger partial charge in [-0.15, -0.1) is 0 Å². The van der Waals surface area contributed by atoms with E-state index in [0.717, 1.165) is 51.4 Å². The second-order valence-corrected chi connectivity index (χ2v) is 22.4. The molecule has 0 radical (unpaired) electrons. The molecule has 5 heterocycles. The van der Waals surface area contributed by atoms with Gasteiger partial charge in [0.15, 0.2) is 43.5 Å². The third-order valence-corrected chi connectivity index (χ3v) is 16.0. The Balaban J connectivity index is 1.60. The zero-order valence-electron chi connectivity index (χ0n) is 47.7. The molecule has 5 saturated heterocycles. The molecule has 0 saturated carbocycles. The molecule has 24 heteroatoms. The summed E-state index contributed by atoms with van der Waals surface area (Å²) in [5, 5.41) is 90.7. The average molecular weight is 1140 g/mol. The van der Waals surface area contributed by atoms with Gasteiger partial charge < -0.3 is 97.7 Å². The van der Waals surface area contributed by atoms with Crippen molar-refractivity contribution in [3.63, 3.8) is 0 Å². The van der Waals surface area contributed by atoms with E-state index in [1.807, 2.05) is 0 Å². The van der Waals surface area contributed by atoms with E-state index in [2.05, 4.69) is 6.92 Å². The molecule has 0 aromatic rings. The highest BCUT2D eigenvalue weighted by Crippen LogP contribution is 2.38. The van der Waals surface area contributed by atoms with Crippen LogP contribution >= 0.6 is 0 Å². The molecule has 26 atom stereocenters. The van der Waals surface area contributed by atoms with Crippen molar-refractivity contribution in [2.75, 3.05) is 6.61 Å². The first-order chi connectivity index (χ1) is 37.4. The van der Waals surface area contributed by atoms with Crippen molar-refractivity contribution < 1.29 is 117 Å². The predicted octanol–water partition coefficient (Wildman–Crippen LogP) is 2.12. The summed E-state index contributed by atoms with van der Waals surface area (Å²) in [4.78, 5) is 53.9. The van der Waals surface area contributed by atoms with Crippen molar-refractivity contribution in [3.05, 3.63) is 0 Å². The summed E-state index contributed by atoms with van der Waals surface area (Å²) in [5.74, 6) is -6.06. The first kappa shape index (κ1) is 67.0. The largest absolute Gasteiger partial charge is 0.463 e. The second kappa shape index (κ2) is 31.8. The molecule has 0 aliphatic carbocycles. The van der Waals surface area contributed by atoms with Gasteiger partial charge in [0.25, 0.3) is 0 Å². The summed E-state index contributed by atoms with van der Waals surface area (Å²) < 4.78 is 74.3. The van der Waals surface area contributed by atoms with E-state index >= 15 is 0 Å². The highest BCUT2D eigenvalue weighted by molar-refractivity contribution is 5.74. The van der Waals surface area contributed by atoms with Crippen LogP contribution in [0.1, 0.15) is 159 Å². The minimum Gasteiger partial charge on any atom is -0.463 e. The van der Waals surface area contributed by atoms with Crippen molar-refractivity contribution in [1.82, 2.24) is 0 Å². The number of unbranched alkanes of at least 4 members (excludes halogenated alkanes) is 2. The van der Waals surface area contributed by atoms with Crippen LogP contribution in [0.3, 0.4) is 0 Å². The second-order valence-electron chi connectivity index (χ2n) is 22.4. The summed E-state index contributed by atoms with van der Waals surface area (Å²) in [7, 11) is 0. The van der Waals surface area contributed by atoms with E-state index in [1.165, 1.54) is 41.5 Å². The number of hydrogen-bond donors (Lipinski definition) is 8. The summed E-state index contributed by atoms with van der Waals surface area (Å²) in [6, 6.07) is 0. The van der Waals surface area contributed by atoms with E-state index in [9.17, 15) is 60.0 Å². The van der Waals surface area contributed by atoms with Gasteiger partial charge in [0, 0.05) is 6.42 Å². The summed E-state index contributed by atoms with van der Waals surface area (Å²) in [6.45, 7) is 14.8. The molecule has 5 rings (SSSR count). The van der Waals surface area contributed by atoms with Gasteiger partial charge in [-0.3, -0.25) is 19.2 Å². The molecule has 0 unspecified atom stereocenters. The van der Waals surface area contributed by atoms with Crippen LogP contribution in [0, 0.1) is 17.8 Å². The lowest BCUT2D eigenvalue weighted by atomic mass is 9.95. The number of carbonyl (C=O) groups excluding carboxylic acids is 4. The molecule has 0 spiro atoms.